The summed E-state index contributed by atoms with van der Waals surface area (Å²) in [6.45, 7) is 5.81. The Kier molecular flexibility index (Phi) is 5.14. The van der Waals surface area contributed by atoms with Crippen LogP contribution in [-0.4, -0.2) is 22.0 Å². The fourth-order valence-corrected chi connectivity index (χ4v) is 3.77. The lowest BCUT2D eigenvalue weighted by Crippen LogP contribution is -2.31. The van der Waals surface area contributed by atoms with Crippen LogP contribution in [-0.2, 0) is 9.59 Å². The molecule has 0 unspecified atom stereocenters. The molecule has 6 nitrogen and oxygen atoms in total. The normalized spacial score (nSPS) is 14.4. The van der Waals surface area contributed by atoms with Crippen molar-refractivity contribution < 1.29 is 14.5 Å². The van der Waals surface area contributed by atoms with E-state index in [2.05, 4.69) is 0 Å². The Balaban J connectivity index is 2.07. The van der Waals surface area contributed by atoms with Gasteiger partial charge in [0.05, 0.1) is 21.1 Å². The second-order valence-electron chi connectivity index (χ2n) is 6.46. The van der Waals surface area contributed by atoms with Gasteiger partial charge in [-0.25, -0.2) is 4.90 Å². The molecule has 0 bridgehead atoms. The number of carbonyl (C=O) groups is 2. The van der Waals surface area contributed by atoms with E-state index in [1.807, 2.05) is 32.9 Å². The first-order chi connectivity index (χ1) is 12.8. The van der Waals surface area contributed by atoms with E-state index in [1.54, 1.807) is 12.1 Å². The van der Waals surface area contributed by atoms with Crippen molar-refractivity contribution in [2.75, 3.05) is 4.90 Å². The summed E-state index contributed by atoms with van der Waals surface area (Å²) in [5, 5.41) is 11.0. The summed E-state index contributed by atoms with van der Waals surface area (Å²) in [5.41, 5.74) is 2.25. The van der Waals surface area contributed by atoms with Gasteiger partial charge >= 0.3 is 0 Å². The quantitative estimate of drug-likeness (QED) is 0.437. The van der Waals surface area contributed by atoms with Crippen molar-refractivity contribution >= 4 is 40.5 Å². The van der Waals surface area contributed by atoms with Crippen molar-refractivity contribution in [1.29, 1.82) is 0 Å². The zero-order chi connectivity index (χ0) is 19.7. The minimum Gasteiger partial charge on any atom is -0.268 e. The van der Waals surface area contributed by atoms with Crippen LogP contribution in [0.25, 0.3) is 5.57 Å². The molecule has 2 amide bonds. The minimum atomic E-state index is -0.498. The number of imide groups is 1. The Bertz CT molecular complexity index is 947. The molecule has 2 aromatic rings. The Morgan fingerprint density at radius 1 is 0.963 bits per heavy atom. The van der Waals surface area contributed by atoms with Crippen LogP contribution < -0.4 is 4.90 Å². The van der Waals surface area contributed by atoms with E-state index in [4.69, 9.17) is 0 Å². The number of thioether (sulfide) groups is 1. The molecule has 1 aliphatic rings. The molecule has 7 heteroatoms. The SMILES string of the molecule is Cc1ccc(N2C(=O)C(SC(C)C)=C(c3ccc([N+](=O)[O-])cc3)C2=O)cc1. The molecule has 138 valence electrons. The van der Waals surface area contributed by atoms with E-state index in [-0.39, 0.29) is 22.4 Å². The lowest BCUT2D eigenvalue weighted by Gasteiger charge is -2.15. The zero-order valence-corrected chi connectivity index (χ0v) is 15.9. The van der Waals surface area contributed by atoms with Crippen molar-refractivity contribution in [3.05, 3.63) is 74.7 Å². The Morgan fingerprint density at radius 3 is 2.07 bits per heavy atom. The molecule has 0 fully saturated rings. The molecule has 1 heterocycles. The van der Waals surface area contributed by atoms with Crippen molar-refractivity contribution in [1.82, 2.24) is 0 Å². The number of aryl methyl sites for hydroxylation is 1. The standard InChI is InChI=1S/C20H18N2O4S/c1-12(2)27-18-17(14-6-10-16(11-7-14)22(25)26)19(23)21(20(18)24)15-8-4-13(3)5-9-15/h4-12H,1-3H3. The molecule has 3 rings (SSSR count). The van der Waals surface area contributed by atoms with Crippen LogP contribution in [0.1, 0.15) is 25.0 Å². The molecule has 1 aliphatic heterocycles. The second-order valence-corrected chi connectivity index (χ2v) is 8.04. The van der Waals surface area contributed by atoms with E-state index < -0.39 is 10.8 Å². The van der Waals surface area contributed by atoms with Crippen LogP contribution in [0.3, 0.4) is 0 Å². The third kappa shape index (κ3) is 3.64. The number of hydrogen-bond donors (Lipinski definition) is 0. The predicted molar refractivity (Wildman–Crippen MR) is 106 cm³/mol. The van der Waals surface area contributed by atoms with Gasteiger partial charge in [-0.05, 0) is 36.8 Å². The summed E-state index contributed by atoms with van der Waals surface area (Å²) in [5.74, 6) is -0.781. The zero-order valence-electron chi connectivity index (χ0n) is 15.1. The smallest absolute Gasteiger partial charge is 0.268 e. The summed E-state index contributed by atoms with van der Waals surface area (Å²) in [4.78, 5) is 38.0. The number of carbonyl (C=O) groups excluding carboxylic acids is 2. The predicted octanol–water partition coefficient (Wildman–Crippen LogP) is 4.33. The second kappa shape index (κ2) is 7.36. The van der Waals surface area contributed by atoms with Crippen LogP contribution in [0, 0.1) is 17.0 Å². The average Bonchev–Trinajstić information content (AvgIpc) is 2.86. The van der Waals surface area contributed by atoms with E-state index >= 15 is 0 Å². The van der Waals surface area contributed by atoms with Crippen molar-refractivity contribution in [2.24, 2.45) is 0 Å². The van der Waals surface area contributed by atoms with E-state index in [0.29, 0.717) is 16.2 Å². The number of nitrogens with zero attached hydrogens (tertiary/aromatic N) is 2. The Morgan fingerprint density at radius 2 is 1.56 bits per heavy atom. The Hall–Kier alpha value is -2.93. The number of rotatable bonds is 5. The monoisotopic (exact) mass is 382 g/mol. The van der Waals surface area contributed by atoms with Gasteiger partial charge in [0.25, 0.3) is 17.5 Å². The highest BCUT2D eigenvalue weighted by Gasteiger charge is 2.40. The first-order valence-corrected chi connectivity index (χ1v) is 9.28. The van der Waals surface area contributed by atoms with Gasteiger partial charge in [0.2, 0.25) is 0 Å². The highest BCUT2D eigenvalue weighted by atomic mass is 32.2. The molecule has 0 saturated heterocycles. The van der Waals surface area contributed by atoms with E-state index in [0.717, 1.165) is 5.56 Å². The molecule has 0 spiro atoms. The molecule has 0 saturated carbocycles. The number of nitro benzene ring substituents is 1. The first-order valence-electron chi connectivity index (χ1n) is 8.41. The summed E-state index contributed by atoms with van der Waals surface area (Å²) >= 11 is 1.32. The molecule has 27 heavy (non-hydrogen) atoms. The maximum absolute atomic E-state index is 13.1. The fraction of sp³-hybridized carbons (Fsp3) is 0.200. The number of benzene rings is 2. The average molecular weight is 382 g/mol. The lowest BCUT2D eigenvalue weighted by atomic mass is 10.1. The lowest BCUT2D eigenvalue weighted by molar-refractivity contribution is -0.384. The van der Waals surface area contributed by atoms with Crippen LogP contribution in [0.4, 0.5) is 11.4 Å². The number of nitro groups is 1. The van der Waals surface area contributed by atoms with Crippen LogP contribution >= 0.6 is 11.8 Å². The number of amides is 2. The molecule has 0 aliphatic carbocycles. The van der Waals surface area contributed by atoms with Gasteiger partial charge in [-0.1, -0.05) is 31.5 Å². The summed E-state index contributed by atoms with van der Waals surface area (Å²) in [6, 6.07) is 12.9. The number of anilines is 1. The summed E-state index contributed by atoms with van der Waals surface area (Å²) in [7, 11) is 0. The highest BCUT2D eigenvalue weighted by molar-refractivity contribution is 8.04. The third-order valence-electron chi connectivity index (χ3n) is 4.05. The summed E-state index contributed by atoms with van der Waals surface area (Å²) < 4.78 is 0. The fourth-order valence-electron chi connectivity index (χ4n) is 2.79. The van der Waals surface area contributed by atoms with Crippen LogP contribution in [0.15, 0.2) is 53.4 Å². The largest absolute Gasteiger partial charge is 0.272 e. The third-order valence-corrected chi connectivity index (χ3v) is 5.14. The molecule has 0 aromatic heterocycles. The maximum Gasteiger partial charge on any atom is 0.272 e. The molecule has 0 atom stereocenters. The van der Waals surface area contributed by atoms with Gasteiger partial charge in [-0.15, -0.1) is 11.8 Å². The number of hydrogen-bond acceptors (Lipinski definition) is 5. The summed E-state index contributed by atoms with van der Waals surface area (Å²) in [6.07, 6.45) is 0. The van der Waals surface area contributed by atoms with Gasteiger partial charge in [0.15, 0.2) is 0 Å². The number of non-ortho nitro benzene ring substituents is 1. The molecule has 0 radical (unpaired) electrons. The minimum absolute atomic E-state index is 0.0652. The highest BCUT2D eigenvalue weighted by Crippen LogP contribution is 2.40. The topological polar surface area (TPSA) is 80.5 Å². The van der Waals surface area contributed by atoms with E-state index in [9.17, 15) is 19.7 Å². The van der Waals surface area contributed by atoms with Crippen LogP contribution in [0.2, 0.25) is 0 Å². The molecular weight excluding hydrogens is 364 g/mol. The Labute approximate surface area is 161 Å². The maximum atomic E-state index is 13.1. The van der Waals surface area contributed by atoms with Gasteiger partial charge in [-0.2, -0.15) is 0 Å². The first kappa shape index (κ1) is 18.8. The van der Waals surface area contributed by atoms with Gasteiger partial charge < -0.3 is 0 Å². The van der Waals surface area contributed by atoms with Gasteiger partial charge in [0, 0.05) is 17.4 Å². The van der Waals surface area contributed by atoms with Gasteiger partial charge in [0.1, 0.15) is 0 Å². The molecule has 2 aromatic carbocycles. The molecule has 0 N–H and O–H groups in total. The molecular formula is C20H18N2O4S. The van der Waals surface area contributed by atoms with E-state index in [1.165, 1.54) is 40.9 Å². The van der Waals surface area contributed by atoms with Crippen LogP contribution in [0.5, 0.6) is 0 Å². The van der Waals surface area contributed by atoms with Gasteiger partial charge in [-0.3, -0.25) is 19.7 Å². The van der Waals surface area contributed by atoms with Crippen molar-refractivity contribution in [3.8, 4) is 0 Å². The van der Waals surface area contributed by atoms with Crippen molar-refractivity contribution in [2.45, 2.75) is 26.0 Å². The van der Waals surface area contributed by atoms with Crippen molar-refractivity contribution in [3.63, 3.8) is 0 Å².